The third-order valence-electron chi connectivity index (χ3n) is 7.09. The van der Waals surface area contributed by atoms with Gasteiger partial charge in [-0.1, -0.05) is 12.1 Å². The molecule has 0 spiro atoms. The van der Waals surface area contributed by atoms with Crippen molar-refractivity contribution in [3.63, 3.8) is 0 Å². The Kier molecular flexibility index (Phi) is 7.60. The first-order valence-electron chi connectivity index (χ1n) is 13.0. The number of fused-ring (bicyclic) bond motifs is 1. The number of hydrogen-bond acceptors (Lipinski definition) is 7. The van der Waals surface area contributed by atoms with E-state index in [9.17, 15) is 23.6 Å². The molecule has 2 aliphatic rings. The lowest BCUT2D eigenvalue weighted by Gasteiger charge is -2.29. The molecule has 11 heteroatoms. The molecule has 1 atom stereocenters. The fraction of sp³-hybridized carbons (Fsp3) is 0.267. The molecule has 0 aliphatic carbocycles. The third-order valence-corrected chi connectivity index (χ3v) is 7.09. The van der Waals surface area contributed by atoms with Crippen molar-refractivity contribution in [3.8, 4) is 17.2 Å². The zero-order chi connectivity index (χ0) is 29.3. The van der Waals surface area contributed by atoms with Gasteiger partial charge >= 0.3 is 6.09 Å². The van der Waals surface area contributed by atoms with Crippen LogP contribution >= 0.6 is 0 Å². The van der Waals surface area contributed by atoms with Gasteiger partial charge in [-0.2, -0.15) is 0 Å². The SMILES string of the molecule is COc1c(COC(=O)Nc2ccc(Oc3ccc(F)c(C)c3)cc2C)ccc2c1C(=O)N(C1CCC(=O)NC1=O)C2. The number of carbonyl (C=O) groups is 4. The lowest BCUT2D eigenvalue weighted by Crippen LogP contribution is -2.52. The van der Waals surface area contributed by atoms with Crippen molar-refractivity contribution in [2.45, 2.75) is 45.9 Å². The van der Waals surface area contributed by atoms with E-state index >= 15 is 0 Å². The highest BCUT2D eigenvalue weighted by Gasteiger charge is 2.41. The largest absolute Gasteiger partial charge is 0.495 e. The highest BCUT2D eigenvalue weighted by Crippen LogP contribution is 2.36. The molecular weight excluding hydrogens is 533 g/mol. The van der Waals surface area contributed by atoms with E-state index in [1.165, 1.54) is 24.1 Å². The number of ether oxygens (including phenoxy) is 3. The number of imide groups is 1. The molecule has 0 radical (unpaired) electrons. The molecule has 1 unspecified atom stereocenters. The summed E-state index contributed by atoms with van der Waals surface area (Å²) in [6, 6.07) is 12.2. The normalized spacial score (nSPS) is 16.2. The average molecular weight is 562 g/mol. The molecule has 2 heterocycles. The summed E-state index contributed by atoms with van der Waals surface area (Å²) in [5, 5.41) is 4.97. The fourth-order valence-corrected chi connectivity index (χ4v) is 4.96. The predicted octanol–water partition coefficient (Wildman–Crippen LogP) is 4.75. The molecule has 10 nitrogen and oxygen atoms in total. The number of anilines is 1. The molecular formula is C30H28FN3O7. The van der Waals surface area contributed by atoms with Gasteiger partial charge in [-0.05, 0) is 73.4 Å². The van der Waals surface area contributed by atoms with Crippen LogP contribution in [0.5, 0.6) is 17.2 Å². The zero-order valence-electron chi connectivity index (χ0n) is 22.7. The molecule has 3 aromatic carbocycles. The van der Waals surface area contributed by atoms with Crippen molar-refractivity contribution in [1.29, 1.82) is 0 Å². The minimum absolute atomic E-state index is 0.158. The number of hydrogen-bond donors (Lipinski definition) is 2. The number of piperidine rings is 1. The minimum atomic E-state index is -0.748. The monoisotopic (exact) mass is 561 g/mol. The quantitative estimate of drug-likeness (QED) is 0.399. The first-order valence-corrected chi connectivity index (χ1v) is 13.0. The maximum atomic E-state index is 13.5. The third kappa shape index (κ3) is 5.69. The second-order valence-corrected chi connectivity index (χ2v) is 9.88. The lowest BCUT2D eigenvalue weighted by atomic mass is 10.0. The van der Waals surface area contributed by atoms with Crippen LogP contribution in [0.25, 0.3) is 0 Å². The molecule has 2 aliphatic heterocycles. The van der Waals surface area contributed by atoms with Crippen molar-refractivity contribution in [3.05, 3.63) is 82.2 Å². The van der Waals surface area contributed by atoms with Crippen molar-refractivity contribution < 1.29 is 37.8 Å². The van der Waals surface area contributed by atoms with Gasteiger partial charge in [0.15, 0.2) is 0 Å². The summed E-state index contributed by atoms with van der Waals surface area (Å²) in [6.45, 7) is 3.48. The molecule has 1 saturated heterocycles. The number of amides is 4. The van der Waals surface area contributed by atoms with E-state index in [-0.39, 0.29) is 49.4 Å². The zero-order valence-corrected chi connectivity index (χ0v) is 22.7. The van der Waals surface area contributed by atoms with Crippen molar-refractivity contribution in [2.24, 2.45) is 0 Å². The van der Waals surface area contributed by atoms with Crippen molar-refractivity contribution in [1.82, 2.24) is 10.2 Å². The number of halogens is 1. The highest BCUT2D eigenvalue weighted by molar-refractivity contribution is 6.06. The summed E-state index contributed by atoms with van der Waals surface area (Å²) in [5.74, 6) is -0.274. The topological polar surface area (TPSA) is 123 Å². The van der Waals surface area contributed by atoms with Crippen molar-refractivity contribution in [2.75, 3.05) is 12.4 Å². The van der Waals surface area contributed by atoms with Gasteiger partial charge < -0.3 is 19.1 Å². The Hall–Kier alpha value is -4.93. The molecule has 3 aromatic rings. The molecule has 4 amide bonds. The molecule has 41 heavy (non-hydrogen) atoms. The number of aryl methyl sites for hydroxylation is 2. The van der Waals surface area contributed by atoms with Crippen LogP contribution in [0.4, 0.5) is 14.9 Å². The van der Waals surface area contributed by atoms with Gasteiger partial charge in [0.2, 0.25) is 11.8 Å². The number of nitrogens with zero attached hydrogens (tertiary/aromatic N) is 1. The molecule has 5 rings (SSSR count). The van der Waals surface area contributed by atoms with Crippen LogP contribution in [0.1, 0.15) is 45.5 Å². The molecule has 212 valence electrons. The number of rotatable bonds is 7. The summed E-state index contributed by atoms with van der Waals surface area (Å²) < 4.78 is 30.3. The first-order chi connectivity index (χ1) is 19.6. The van der Waals surface area contributed by atoms with Crippen LogP contribution < -0.4 is 20.1 Å². The molecule has 0 bridgehead atoms. The van der Waals surface area contributed by atoms with Crippen LogP contribution in [0, 0.1) is 19.7 Å². The smallest absolute Gasteiger partial charge is 0.411 e. The Balaban J connectivity index is 1.23. The van der Waals surface area contributed by atoms with Gasteiger partial charge in [0.05, 0.1) is 12.7 Å². The molecule has 2 N–H and O–H groups in total. The van der Waals surface area contributed by atoms with Crippen LogP contribution in [-0.2, 0) is 27.5 Å². The predicted molar refractivity (Wildman–Crippen MR) is 145 cm³/mol. The van der Waals surface area contributed by atoms with Crippen LogP contribution in [0.3, 0.4) is 0 Å². The summed E-state index contributed by atoms with van der Waals surface area (Å²) in [6.07, 6.45) is -0.304. The van der Waals surface area contributed by atoms with E-state index < -0.39 is 18.0 Å². The van der Waals surface area contributed by atoms with Gasteiger partial charge in [-0.15, -0.1) is 0 Å². The Morgan fingerprint density at radius 2 is 1.78 bits per heavy atom. The minimum Gasteiger partial charge on any atom is -0.495 e. The number of benzene rings is 3. The molecule has 0 saturated carbocycles. The Morgan fingerprint density at radius 1 is 1.05 bits per heavy atom. The first kappa shape index (κ1) is 27.6. The summed E-state index contributed by atoms with van der Waals surface area (Å²) in [5.41, 5.74) is 3.16. The van der Waals surface area contributed by atoms with E-state index in [4.69, 9.17) is 14.2 Å². The van der Waals surface area contributed by atoms with E-state index in [0.717, 1.165) is 0 Å². The average Bonchev–Trinajstić information content (AvgIpc) is 3.27. The number of nitrogens with one attached hydrogen (secondary N) is 2. The number of methoxy groups -OCH3 is 1. The maximum absolute atomic E-state index is 13.5. The fourth-order valence-electron chi connectivity index (χ4n) is 4.96. The maximum Gasteiger partial charge on any atom is 0.411 e. The van der Waals surface area contributed by atoms with Gasteiger partial charge in [-0.25, -0.2) is 9.18 Å². The van der Waals surface area contributed by atoms with Gasteiger partial charge in [0.25, 0.3) is 5.91 Å². The summed E-state index contributed by atoms with van der Waals surface area (Å²) in [7, 11) is 1.42. The Morgan fingerprint density at radius 3 is 2.46 bits per heavy atom. The Bertz CT molecular complexity index is 1570. The van der Waals surface area contributed by atoms with Crippen LogP contribution in [0.2, 0.25) is 0 Å². The van der Waals surface area contributed by atoms with Crippen LogP contribution in [-0.4, -0.2) is 41.9 Å². The van der Waals surface area contributed by atoms with E-state index in [2.05, 4.69) is 10.6 Å². The highest BCUT2D eigenvalue weighted by atomic mass is 19.1. The second-order valence-electron chi connectivity index (χ2n) is 9.88. The standard InChI is InChI=1S/C30H28FN3O7/c1-16-12-20(6-8-22(16)31)41-21-7-9-23(17(2)13-21)32-30(38)40-15-19-5-4-18-14-34(29(37)26(18)27(19)39-3)24-10-11-25(35)33-28(24)36/h4-9,12-13,24H,10-11,14-15H2,1-3H3,(H,32,38)(H,33,35,36). The summed E-state index contributed by atoms with van der Waals surface area (Å²) in [4.78, 5) is 51.2. The van der Waals surface area contributed by atoms with Gasteiger partial charge in [0, 0.05) is 24.2 Å². The van der Waals surface area contributed by atoms with Crippen molar-refractivity contribution >= 4 is 29.5 Å². The second kappa shape index (κ2) is 11.3. The molecule has 0 aromatic heterocycles. The van der Waals surface area contributed by atoms with E-state index in [1.807, 2.05) is 0 Å². The Labute approximate surface area is 235 Å². The van der Waals surface area contributed by atoms with E-state index in [0.29, 0.717) is 45.0 Å². The lowest BCUT2D eigenvalue weighted by molar-refractivity contribution is -0.136. The summed E-state index contributed by atoms with van der Waals surface area (Å²) >= 11 is 0. The number of carbonyl (C=O) groups excluding carboxylic acids is 4. The van der Waals surface area contributed by atoms with Crippen LogP contribution in [0.15, 0.2) is 48.5 Å². The van der Waals surface area contributed by atoms with Gasteiger partial charge in [-0.3, -0.25) is 25.0 Å². The van der Waals surface area contributed by atoms with E-state index in [1.54, 1.807) is 50.2 Å². The van der Waals surface area contributed by atoms with Gasteiger partial charge in [0.1, 0.15) is 35.7 Å². The molecule has 1 fully saturated rings.